The smallest absolute Gasteiger partial charge is 0.322 e. The second-order valence-corrected chi connectivity index (χ2v) is 8.29. The van der Waals surface area contributed by atoms with Crippen molar-refractivity contribution >= 4 is 21.7 Å². The number of ether oxygens (including phenoxy) is 1. The molecule has 2 heterocycles. The van der Waals surface area contributed by atoms with Crippen LogP contribution in [-0.4, -0.2) is 68.3 Å². The second kappa shape index (κ2) is 7.27. The number of para-hydroxylation sites is 1. The van der Waals surface area contributed by atoms with Crippen LogP contribution in [0.3, 0.4) is 0 Å². The molecule has 1 aromatic rings. The molecule has 0 radical (unpaired) electrons. The first-order chi connectivity index (χ1) is 11.9. The highest BCUT2D eigenvalue weighted by Crippen LogP contribution is 2.26. The topological polar surface area (TPSA) is 79.0 Å². The Kier molecular flexibility index (Phi) is 5.26. The van der Waals surface area contributed by atoms with Crippen LogP contribution in [0.25, 0.3) is 0 Å². The predicted molar refractivity (Wildman–Crippen MR) is 91.3 cm³/mol. The summed E-state index contributed by atoms with van der Waals surface area (Å²) in [5.41, 5.74) is 0.111. The SMILES string of the molecule is CS(=O)(=O)N(C1CCOCC1)C1CN(C(=O)Nc2ccccc2F)C1. The zero-order valence-electron chi connectivity index (χ0n) is 14.0. The van der Waals surface area contributed by atoms with E-state index in [4.69, 9.17) is 4.74 Å². The lowest BCUT2D eigenvalue weighted by Crippen LogP contribution is -2.65. The fourth-order valence-corrected chi connectivity index (χ4v) is 4.75. The lowest BCUT2D eigenvalue weighted by Gasteiger charge is -2.47. The van der Waals surface area contributed by atoms with Gasteiger partial charge in [0.2, 0.25) is 10.0 Å². The third-order valence-corrected chi connectivity index (χ3v) is 5.92. The maximum Gasteiger partial charge on any atom is 0.322 e. The summed E-state index contributed by atoms with van der Waals surface area (Å²) in [7, 11) is -3.38. The summed E-state index contributed by atoms with van der Waals surface area (Å²) in [5.74, 6) is -0.507. The largest absolute Gasteiger partial charge is 0.381 e. The van der Waals surface area contributed by atoms with Gasteiger partial charge in [-0.05, 0) is 25.0 Å². The molecule has 2 saturated heterocycles. The predicted octanol–water partition coefficient (Wildman–Crippen LogP) is 1.48. The molecule has 0 aliphatic carbocycles. The lowest BCUT2D eigenvalue weighted by atomic mass is 10.0. The fraction of sp³-hybridized carbons (Fsp3) is 0.562. The van der Waals surface area contributed by atoms with Crippen molar-refractivity contribution in [1.82, 2.24) is 9.21 Å². The minimum absolute atomic E-state index is 0.0921. The van der Waals surface area contributed by atoms with Crippen molar-refractivity contribution in [2.45, 2.75) is 24.9 Å². The summed E-state index contributed by atoms with van der Waals surface area (Å²) in [6.07, 6.45) is 2.51. The van der Waals surface area contributed by atoms with Crippen LogP contribution in [0.5, 0.6) is 0 Å². The normalized spacial score (nSPS) is 19.7. The van der Waals surface area contributed by atoms with E-state index in [0.717, 1.165) is 0 Å². The summed E-state index contributed by atoms with van der Waals surface area (Å²) in [6, 6.07) is 5.16. The zero-order valence-corrected chi connectivity index (χ0v) is 14.8. The highest BCUT2D eigenvalue weighted by Gasteiger charge is 2.42. The van der Waals surface area contributed by atoms with Crippen molar-refractivity contribution in [3.05, 3.63) is 30.1 Å². The molecular weight excluding hydrogens is 349 g/mol. The molecular formula is C16H22FN3O4S. The number of likely N-dealkylation sites (tertiary alicyclic amines) is 1. The Balaban J connectivity index is 1.61. The number of hydrogen-bond donors (Lipinski definition) is 1. The van der Waals surface area contributed by atoms with Gasteiger partial charge in [0.25, 0.3) is 0 Å². The maximum atomic E-state index is 13.6. The summed E-state index contributed by atoms with van der Waals surface area (Å²) in [4.78, 5) is 13.7. The zero-order chi connectivity index (χ0) is 18.0. The second-order valence-electron chi connectivity index (χ2n) is 6.41. The number of hydrogen-bond acceptors (Lipinski definition) is 4. The molecule has 0 bridgehead atoms. The number of anilines is 1. The number of nitrogens with zero attached hydrogens (tertiary/aromatic N) is 2. The number of amides is 2. The number of halogens is 1. The number of carbonyl (C=O) groups excluding carboxylic acids is 1. The molecule has 7 nitrogen and oxygen atoms in total. The lowest BCUT2D eigenvalue weighted by molar-refractivity contribution is 0.0246. The Bertz CT molecular complexity index is 731. The molecule has 25 heavy (non-hydrogen) atoms. The van der Waals surface area contributed by atoms with Gasteiger partial charge in [-0.25, -0.2) is 17.6 Å². The molecule has 0 unspecified atom stereocenters. The van der Waals surface area contributed by atoms with Crippen LogP contribution in [0.4, 0.5) is 14.9 Å². The first kappa shape index (κ1) is 18.1. The Hall–Kier alpha value is -1.71. The van der Waals surface area contributed by atoms with Gasteiger partial charge in [0.15, 0.2) is 0 Å². The average Bonchev–Trinajstić information content (AvgIpc) is 2.52. The van der Waals surface area contributed by atoms with Crippen LogP contribution in [0, 0.1) is 5.82 Å². The highest BCUT2D eigenvalue weighted by atomic mass is 32.2. The molecule has 2 amide bonds. The monoisotopic (exact) mass is 371 g/mol. The summed E-state index contributed by atoms with van der Waals surface area (Å²) >= 11 is 0. The quantitative estimate of drug-likeness (QED) is 0.870. The van der Waals surface area contributed by atoms with E-state index in [1.54, 1.807) is 12.1 Å². The number of sulfonamides is 1. The number of benzene rings is 1. The van der Waals surface area contributed by atoms with E-state index in [1.165, 1.54) is 27.6 Å². The third-order valence-electron chi connectivity index (χ3n) is 4.56. The Morgan fingerprint density at radius 3 is 2.48 bits per heavy atom. The van der Waals surface area contributed by atoms with Gasteiger partial charge < -0.3 is 15.0 Å². The highest BCUT2D eigenvalue weighted by molar-refractivity contribution is 7.88. The van der Waals surface area contributed by atoms with Gasteiger partial charge >= 0.3 is 6.03 Å². The maximum absolute atomic E-state index is 13.6. The van der Waals surface area contributed by atoms with Gasteiger partial charge in [-0.1, -0.05) is 12.1 Å². The van der Waals surface area contributed by atoms with Crippen LogP contribution < -0.4 is 5.32 Å². The van der Waals surface area contributed by atoms with Crippen LogP contribution >= 0.6 is 0 Å². The average molecular weight is 371 g/mol. The van der Waals surface area contributed by atoms with E-state index in [1.807, 2.05) is 0 Å². The van der Waals surface area contributed by atoms with E-state index in [0.29, 0.717) is 39.1 Å². The van der Waals surface area contributed by atoms with Crippen molar-refractivity contribution < 1.29 is 22.3 Å². The molecule has 3 rings (SSSR count). The molecule has 0 aromatic heterocycles. The van der Waals surface area contributed by atoms with E-state index in [9.17, 15) is 17.6 Å². The summed E-state index contributed by atoms with van der Waals surface area (Å²) in [5, 5.41) is 2.51. The summed E-state index contributed by atoms with van der Waals surface area (Å²) < 4.78 is 44.8. The molecule has 0 atom stereocenters. The first-order valence-electron chi connectivity index (χ1n) is 8.23. The molecule has 0 saturated carbocycles. The molecule has 2 aliphatic rings. The minimum Gasteiger partial charge on any atom is -0.381 e. The van der Waals surface area contributed by atoms with Gasteiger partial charge in [0.05, 0.1) is 18.0 Å². The van der Waals surface area contributed by atoms with Crippen molar-refractivity contribution in [2.24, 2.45) is 0 Å². The van der Waals surface area contributed by atoms with Crippen molar-refractivity contribution in [1.29, 1.82) is 0 Å². The molecule has 0 spiro atoms. The van der Waals surface area contributed by atoms with Crippen molar-refractivity contribution in [2.75, 3.05) is 37.9 Å². The number of carbonyl (C=O) groups is 1. The van der Waals surface area contributed by atoms with Crippen molar-refractivity contribution in [3.8, 4) is 0 Å². The van der Waals surface area contributed by atoms with Crippen molar-refractivity contribution in [3.63, 3.8) is 0 Å². The van der Waals surface area contributed by atoms with Crippen LogP contribution in [0.15, 0.2) is 24.3 Å². The van der Waals surface area contributed by atoms with Gasteiger partial charge in [-0.3, -0.25) is 0 Å². The number of urea groups is 1. The van der Waals surface area contributed by atoms with E-state index in [2.05, 4.69) is 5.32 Å². The van der Waals surface area contributed by atoms with Crippen LogP contribution in [0.2, 0.25) is 0 Å². The molecule has 1 aromatic carbocycles. The minimum atomic E-state index is -3.38. The Morgan fingerprint density at radius 1 is 1.24 bits per heavy atom. The van der Waals surface area contributed by atoms with Crippen LogP contribution in [0.1, 0.15) is 12.8 Å². The Labute approximate surface area is 146 Å². The Morgan fingerprint density at radius 2 is 1.88 bits per heavy atom. The van der Waals surface area contributed by atoms with E-state index < -0.39 is 21.9 Å². The molecule has 138 valence electrons. The van der Waals surface area contributed by atoms with Gasteiger partial charge in [0.1, 0.15) is 5.82 Å². The summed E-state index contributed by atoms with van der Waals surface area (Å²) in [6.45, 7) is 1.68. The fourth-order valence-electron chi connectivity index (χ4n) is 3.32. The standard InChI is InChI=1S/C16H22FN3O4S/c1-25(22,23)20(12-6-8-24-9-7-12)13-10-19(11-13)16(21)18-15-5-3-2-4-14(15)17/h2-5,12-13H,6-11H2,1H3,(H,18,21). The van der Waals surface area contributed by atoms with E-state index in [-0.39, 0.29) is 17.8 Å². The molecule has 2 aliphatic heterocycles. The molecule has 9 heteroatoms. The molecule has 2 fully saturated rings. The third kappa shape index (κ3) is 4.10. The van der Waals surface area contributed by atoms with Gasteiger partial charge in [0, 0.05) is 32.3 Å². The first-order valence-corrected chi connectivity index (χ1v) is 10.1. The number of nitrogens with one attached hydrogen (secondary N) is 1. The van der Waals surface area contributed by atoms with Crippen LogP contribution in [-0.2, 0) is 14.8 Å². The number of rotatable bonds is 4. The van der Waals surface area contributed by atoms with E-state index >= 15 is 0 Å². The molecule has 1 N–H and O–H groups in total. The van der Waals surface area contributed by atoms with Gasteiger partial charge in [-0.2, -0.15) is 4.31 Å². The van der Waals surface area contributed by atoms with Gasteiger partial charge in [-0.15, -0.1) is 0 Å².